The summed E-state index contributed by atoms with van der Waals surface area (Å²) in [6, 6.07) is 13.7. The van der Waals surface area contributed by atoms with Crippen LogP contribution in [0, 0.1) is 0 Å². The number of fused-ring (bicyclic) bond motifs is 1. The van der Waals surface area contributed by atoms with Gasteiger partial charge in [0.15, 0.2) is 21.3 Å². The van der Waals surface area contributed by atoms with Gasteiger partial charge in [0.05, 0.1) is 27.9 Å². The summed E-state index contributed by atoms with van der Waals surface area (Å²) in [4.78, 5) is 11.8. The molecule has 0 fully saturated rings. The molecule has 10 nitrogen and oxygen atoms in total. The molecular weight excluding hydrogens is 605 g/mol. The van der Waals surface area contributed by atoms with Gasteiger partial charge >= 0.3 is 12.3 Å². The SMILES string of the molecule is CCCCC([C@H](O)[C@H](Cc1ccc(OCc2ccc(C(F)(F)F)cc2)cc1)N(N)C(=O)O)S(=O)(=O)c1ccc2c(c1)OCO2. The van der Waals surface area contributed by atoms with Crippen molar-refractivity contribution in [3.63, 3.8) is 0 Å². The van der Waals surface area contributed by atoms with E-state index in [0.29, 0.717) is 40.5 Å². The van der Waals surface area contributed by atoms with Crippen LogP contribution >= 0.6 is 0 Å². The third kappa shape index (κ3) is 7.73. The molecular formula is C30H33F3N2O8S. The van der Waals surface area contributed by atoms with E-state index in [4.69, 9.17) is 20.1 Å². The predicted octanol–water partition coefficient (Wildman–Crippen LogP) is 5.17. The van der Waals surface area contributed by atoms with Gasteiger partial charge in [-0.2, -0.15) is 13.2 Å². The Morgan fingerprint density at radius 2 is 1.66 bits per heavy atom. The van der Waals surface area contributed by atoms with Gasteiger partial charge in [-0.25, -0.2) is 24.1 Å². The number of benzene rings is 3. The number of aliphatic hydroxyl groups is 1. The van der Waals surface area contributed by atoms with Crippen molar-refractivity contribution in [1.82, 2.24) is 5.01 Å². The predicted molar refractivity (Wildman–Crippen MR) is 153 cm³/mol. The molecule has 0 radical (unpaired) electrons. The number of hydrogen-bond acceptors (Lipinski definition) is 8. The van der Waals surface area contributed by atoms with Gasteiger partial charge in [-0.1, -0.05) is 44.0 Å². The maximum Gasteiger partial charge on any atom is 0.421 e. The quantitative estimate of drug-likeness (QED) is 0.131. The van der Waals surface area contributed by atoms with Crippen LogP contribution in [0.4, 0.5) is 18.0 Å². The Labute approximate surface area is 252 Å². The van der Waals surface area contributed by atoms with E-state index in [9.17, 15) is 36.6 Å². The standard InChI is InChI=1S/C30H33F3N2O8S/c1-2-3-4-27(44(39,40)23-13-14-25-26(16-23)43-18-42-25)28(36)24(35(34)29(37)38)15-19-7-11-22(12-8-19)41-17-20-5-9-21(10-6-20)30(31,32)33/h5-14,16,24,27-28,36H,2-4,15,17-18,34H2,1H3,(H,37,38)/t24-,27?,28+/m0/s1. The van der Waals surface area contributed by atoms with Crippen LogP contribution in [0.3, 0.4) is 0 Å². The summed E-state index contributed by atoms with van der Waals surface area (Å²) in [6.07, 6.45) is -6.69. The Balaban J connectivity index is 1.52. The Kier molecular flexibility index (Phi) is 10.3. The fourth-order valence-corrected chi connectivity index (χ4v) is 6.74. The summed E-state index contributed by atoms with van der Waals surface area (Å²) in [7, 11) is -4.19. The minimum Gasteiger partial charge on any atom is -0.489 e. The molecule has 1 unspecified atom stereocenters. The van der Waals surface area contributed by atoms with E-state index in [0.717, 1.165) is 12.1 Å². The zero-order chi connectivity index (χ0) is 32.1. The van der Waals surface area contributed by atoms with Gasteiger partial charge in [-0.3, -0.25) is 0 Å². The first-order chi connectivity index (χ1) is 20.8. The fraction of sp³-hybridized carbons (Fsp3) is 0.367. The summed E-state index contributed by atoms with van der Waals surface area (Å²) in [5.74, 6) is 6.88. The molecule has 0 aliphatic carbocycles. The number of hydrazine groups is 1. The van der Waals surface area contributed by atoms with Gasteiger partial charge < -0.3 is 24.4 Å². The van der Waals surface area contributed by atoms with E-state index in [1.54, 1.807) is 24.3 Å². The second kappa shape index (κ2) is 13.7. The lowest BCUT2D eigenvalue weighted by Crippen LogP contribution is -2.56. The smallest absolute Gasteiger partial charge is 0.421 e. The molecule has 3 atom stereocenters. The highest BCUT2D eigenvalue weighted by Gasteiger charge is 2.41. The molecule has 0 saturated carbocycles. The van der Waals surface area contributed by atoms with Gasteiger partial charge in [0, 0.05) is 6.07 Å². The van der Waals surface area contributed by atoms with E-state index >= 15 is 0 Å². The Morgan fingerprint density at radius 3 is 2.27 bits per heavy atom. The lowest BCUT2D eigenvalue weighted by atomic mass is 9.96. The second-order valence-corrected chi connectivity index (χ2v) is 12.5. The highest BCUT2D eigenvalue weighted by Crippen LogP contribution is 2.36. The molecule has 3 aromatic rings. The number of amides is 1. The number of nitrogens with zero attached hydrogens (tertiary/aromatic N) is 1. The minimum atomic E-state index is -4.44. The zero-order valence-electron chi connectivity index (χ0n) is 23.7. The number of alkyl halides is 3. The number of nitrogens with two attached hydrogens (primary N) is 1. The largest absolute Gasteiger partial charge is 0.489 e. The summed E-state index contributed by atoms with van der Waals surface area (Å²) in [5, 5.41) is 20.2. The van der Waals surface area contributed by atoms with Crippen molar-refractivity contribution >= 4 is 15.9 Å². The number of aliphatic hydroxyl groups excluding tert-OH is 1. The van der Waals surface area contributed by atoms with Gasteiger partial charge in [0.1, 0.15) is 12.4 Å². The summed E-state index contributed by atoms with van der Waals surface area (Å²) >= 11 is 0. The van der Waals surface area contributed by atoms with Crippen LogP contribution in [0.5, 0.6) is 17.2 Å². The van der Waals surface area contributed by atoms with Crippen LogP contribution in [0.15, 0.2) is 71.6 Å². The topological polar surface area (TPSA) is 149 Å². The number of hydrogen-bond donors (Lipinski definition) is 3. The van der Waals surface area contributed by atoms with Crippen LogP contribution in [0.1, 0.15) is 42.9 Å². The summed E-state index contributed by atoms with van der Waals surface area (Å²) in [6.45, 7) is 1.81. The monoisotopic (exact) mass is 638 g/mol. The molecule has 14 heteroatoms. The van der Waals surface area contributed by atoms with Crippen molar-refractivity contribution in [2.24, 2.45) is 5.84 Å². The van der Waals surface area contributed by atoms with Gasteiger partial charge in [0.2, 0.25) is 6.79 Å². The van der Waals surface area contributed by atoms with Crippen molar-refractivity contribution < 1.29 is 50.8 Å². The Morgan fingerprint density at radius 1 is 1.02 bits per heavy atom. The van der Waals surface area contributed by atoms with Crippen LogP contribution in [-0.2, 0) is 29.0 Å². The van der Waals surface area contributed by atoms with Gasteiger partial charge in [-0.05, 0) is 60.4 Å². The first kappa shape index (κ1) is 32.9. The molecule has 1 aliphatic heterocycles. The average molecular weight is 639 g/mol. The molecule has 1 heterocycles. The third-order valence-corrected chi connectivity index (χ3v) is 9.54. The molecule has 3 aromatic carbocycles. The van der Waals surface area contributed by atoms with E-state index in [1.165, 1.54) is 30.3 Å². The van der Waals surface area contributed by atoms with Gasteiger partial charge in [0.25, 0.3) is 0 Å². The number of sulfone groups is 1. The fourth-order valence-electron chi connectivity index (χ4n) is 4.84. The summed E-state index contributed by atoms with van der Waals surface area (Å²) < 4.78 is 82.2. The number of carbonyl (C=O) groups is 1. The number of rotatable bonds is 13. The van der Waals surface area contributed by atoms with Crippen molar-refractivity contribution in [2.75, 3.05) is 6.79 Å². The van der Waals surface area contributed by atoms with Crippen LogP contribution in [0.25, 0.3) is 0 Å². The first-order valence-corrected chi connectivity index (χ1v) is 15.3. The Hall–Kier alpha value is -4.01. The highest BCUT2D eigenvalue weighted by atomic mass is 32.2. The minimum absolute atomic E-state index is 0.00520. The molecule has 44 heavy (non-hydrogen) atoms. The van der Waals surface area contributed by atoms with Gasteiger partial charge in [-0.15, -0.1) is 0 Å². The summed E-state index contributed by atoms with van der Waals surface area (Å²) in [5.41, 5.74) is 0.285. The second-order valence-electron chi connectivity index (χ2n) is 10.3. The number of unbranched alkanes of at least 4 members (excludes halogenated alkanes) is 1. The first-order valence-electron chi connectivity index (χ1n) is 13.8. The number of halogens is 3. The molecule has 1 amide bonds. The van der Waals surface area contributed by atoms with Crippen molar-refractivity contribution in [3.05, 3.63) is 83.4 Å². The van der Waals surface area contributed by atoms with Crippen LogP contribution < -0.4 is 20.1 Å². The maximum absolute atomic E-state index is 13.8. The van der Waals surface area contributed by atoms with E-state index in [1.807, 2.05) is 6.92 Å². The lowest BCUT2D eigenvalue weighted by molar-refractivity contribution is -0.137. The maximum atomic E-state index is 13.8. The molecule has 238 valence electrons. The number of ether oxygens (including phenoxy) is 3. The average Bonchev–Trinajstić information content (AvgIpc) is 3.47. The van der Waals surface area contributed by atoms with E-state index in [-0.39, 0.29) is 36.9 Å². The van der Waals surface area contributed by atoms with Crippen LogP contribution in [-0.4, -0.2) is 53.9 Å². The van der Waals surface area contributed by atoms with Crippen molar-refractivity contribution in [3.8, 4) is 17.2 Å². The molecule has 0 bridgehead atoms. The molecule has 0 spiro atoms. The molecule has 0 saturated heterocycles. The highest BCUT2D eigenvalue weighted by molar-refractivity contribution is 7.92. The zero-order valence-corrected chi connectivity index (χ0v) is 24.6. The van der Waals surface area contributed by atoms with Crippen molar-refractivity contribution in [1.29, 1.82) is 0 Å². The Bertz CT molecular complexity index is 1530. The normalized spacial score (nSPS) is 15.0. The van der Waals surface area contributed by atoms with E-state index in [2.05, 4.69) is 0 Å². The van der Waals surface area contributed by atoms with Crippen LogP contribution in [0.2, 0.25) is 0 Å². The molecule has 4 N–H and O–H groups in total. The lowest BCUT2D eigenvalue weighted by Gasteiger charge is -2.34. The number of carboxylic acid groups (broad SMARTS) is 1. The third-order valence-electron chi connectivity index (χ3n) is 7.32. The molecule has 4 rings (SSSR count). The molecule has 1 aliphatic rings. The molecule has 0 aromatic heterocycles. The van der Waals surface area contributed by atoms with E-state index < -0.39 is 45.1 Å². The van der Waals surface area contributed by atoms with Crippen molar-refractivity contribution in [2.45, 2.75) is 67.7 Å².